The third-order valence-electron chi connectivity index (χ3n) is 4.64. The molecule has 2 rings (SSSR count). The van der Waals surface area contributed by atoms with E-state index in [4.69, 9.17) is 9.15 Å². The monoisotopic (exact) mass is 517 g/mol. The van der Waals surface area contributed by atoms with Crippen LogP contribution in [0.2, 0.25) is 0 Å². The summed E-state index contributed by atoms with van der Waals surface area (Å²) >= 11 is 0. The standard InChI is InChI=1S/C19H30F3N3O2.HI/c1-2-26-12-5-10-23-18(24-11-9-17-8-4-13-27-17)25-16-7-3-6-15(14-16)19(20,21)22;/h4,8,13,15-16H,2-3,5-7,9-12,14H2,1H3,(H2,23,24,25);1H. The lowest BCUT2D eigenvalue weighted by molar-refractivity contribution is -0.183. The number of hydrogen-bond acceptors (Lipinski definition) is 3. The summed E-state index contributed by atoms with van der Waals surface area (Å²) in [7, 11) is 0. The van der Waals surface area contributed by atoms with Crippen molar-refractivity contribution in [2.45, 2.75) is 57.7 Å². The molecule has 0 radical (unpaired) electrons. The highest BCUT2D eigenvalue weighted by molar-refractivity contribution is 14.0. The van der Waals surface area contributed by atoms with Crippen LogP contribution in [0.25, 0.3) is 0 Å². The molecule has 1 aromatic rings. The minimum Gasteiger partial charge on any atom is -0.469 e. The van der Waals surface area contributed by atoms with Gasteiger partial charge in [-0.15, -0.1) is 24.0 Å². The van der Waals surface area contributed by atoms with Crippen LogP contribution in [-0.2, 0) is 11.2 Å². The number of alkyl halides is 3. The van der Waals surface area contributed by atoms with Crippen molar-refractivity contribution in [3.63, 3.8) is 0 Å². The second-order valence-corrected chi connectivity index (χ2v) is 6.78. The largest absolute Gasteiger partial charge is 0.469 e. The first-order valence-corrected chi connectivity index (χ1v) is 9.70. The summed E-state index contributed by atoms with van der Waals surface area (Å²) in [5.41, 5.74) is 0. The van der Waals surface area contributed by atoms with Gasteiger partial charge in [-0.1, -0.05) is 6.42 Å². The molecule has 1 aliphatic rings. The molecule has 0 spiro atoms. The summed E-state index contributed by atoms with van der Waals surface area (Å²) in [5.74, 6) is 0.185. The van der Waals surface area contributed by atoms with Gasteiger partial charge in [-0.3, -0.25) is 4.99 Å². The van der Waals surface area contributed by atoms with E-state index in [0.717, 1.165) is 18.6 Å². The quantitative estimate of drug-likeness (QED) is 0.219. The number of furan rings is 1. The molecule has 1 aromatic heterocycles. The predicted octanol–water partition coefficient (Wildman–Crippen LogP) is 4.52. The number of hydrogen-bond donors (Lipinski definition) is 2. The van der Waals surface area contributed by atoms with Crippen molar-refractivity contribution in [2.75, 3.05) is 26.3 Å². The number of ether oxygens (including phenoxy) is 1. The Morgan fingerprint density at radius 3 is 2.86 bits per heavy atom. The van der Waals surface area contributed by atoms with Gasteiger partial charge in [0.15, 0.2) is 5.96 Å². The van der Waals surface area contributed by atoms with E-state index in [2.05, 4.69) is 15.6 Å². The normalized spacial score (nSPS) is 20.5. The lowest BCUT2D eigenvalue weighted by Crippen LogP contribution is -2.47. The number of nitrogens with one attached hydrogen (secondary N) is 2. The molecule has 0 aliphatic heterocycles. The molecule has 28 heavy (non-hydrogen) atoms. The second-order valence-electron chi connectivity index (χ2n) is 6.78. The summed E-state index contributed by atoms with van der Waals surface area (Å²) in [6.45, 7) is 4.38. The van der Waals surface area contributed by atoms with Gasteiger partial charge in [-0.05, 0) is 44.7 Å². The molecule has 0 aromatic carbocycles. The van der Waals surface area contributed by atoms with Crippen molar-refractivity contribution >= 4 is 29.9 Å². The average molecular weight is 517 g/mol. The van der Waals surface area contributed by atoms with E-state index in [1.54, 1.807) is 6.26 Å². The van der Waals surface area contributed by atoms with Crippen molar-refractivity contribution in [3.05, 3.63) is 24.2 Å². The van der Waals surface area contributed by atoms with Crippen LogP contribution in [0, 0.1) is 5.92 Å². The molecular weight excluding hydrogens is 486 g/mol. The third-order valence-corrected chi connectivity index (χ3v) is 4.64. The van der Waals surface area contributed by atoms with Gasteiger partial charge in [0.05, 0.1) is 12.2 Å². The van der Waals surface area contributed by atoms with Gasteiger partial charge in [0, 0.05) is 38.8 Å². The highest BCUT2D eigenvalue weighted by atomic mass is 127. The first-order valence-electron chi connectivity index (χ1n) is 9.70. The minimum absolute atomic E-state index is 0. The molecule has 2 unspecified atom stereocenters. The Morgan fingerprint density at radius 1 is 1.36 bits per heavy atom. The van der Waals surface area contributed by atoms with Gasteiger partial charge in [-0.2, -0.15) is 13.2 Å². The summed E-state index contributed by atoms with van der Waals surface area (Å²) in [5, 5.41) is 6.40. The van der Waals surface area contributed by atoms with Gasteiger partial charge in [0.2, 0.25) is 0 Å². The molecule has 2 atom stereocenters. The van der Waals surface area contributed by atoms with E-state index in [1.807, 2.05) is 19.1 Å². The number of halogens is 4. The van der Waals surface area contributed by atoms with Crippen molar-refractivity contribution in [2.24, 2.45) is 10.9 Å². The Labute approximate surface area is 181 Å². The lowest BCUT2D eigenvalue weighted by atomic mass is 9.85. The molecule has 1 heterocycles. The van der Waals surface area contributed by atoms with Crippen LogP contribution in [0.3, 0.4) is 0 Å². The Kier molecular flexibility index (Phi) is 11.9. The summed E-state index contributed by atoms with van der Waals surface area (Å²) < 4.78 is 49.7. The zero-order chi connectivity index (χ0) is 19.5. The van der Waals surface area contributed by atoms with Crippen molar-refractivity contribution < 1.29 is 22.3 Å². The van der Waals surface area contributed by atoms with Gasteiger partial charge in [0.1, 0.15) is 5.76 Å². The van der Waals surface area contributed by atoms with Gasteiger partial charge in [0.25, 0.3) is 0 Å². The topological polar surface area (TPSA) is 58.8 Å². The maximum Gasteiger partial charge on any atom is 0.391 e. The van der Waals surface area contributed by atoms with Crippen LogP contribution in [0.15, 0.2) is 27.8 Å². The maximum atomic E-state index is 13.0. The summed E-state index contributed by atoms with van der Waals surface area (Å²) in [4.78, 5) is 4.50. The molecule has 2 N–H and O–H groups in total. The van der Waals surface area contributed by atoms with Gasteiger partial charge >= 0.3 is 6.18 Å². The zero-order valence-corrected chi connectivity index (χ0v) is 18.6. The molecule has 5 nitrogen and oxygen atoms in total. The Hall–Kier alpha value is -0.970. The number of guanidine groups is 1. The minimum atomic E-state index is -4.12. The number of aliphatic imine (C=N–C) groups is 1. The first kappa shape index (κ1) is 25.1. The number of rotatable bonds is 9. The van der Waals surface area contributed by atoms with Crippen LogP contribution in [0.5, 0.6) is 0 Å². The van der Waals surface area contributed by atoms with Crippen LogP contribution in [0.1, 0.15) is 44.8 Å². The molecule has 9 heteroatoms. The van der Waals surface area contributed by atoms with Crippen LogP contribution in [-0.4, -0.2) is 44.5 Å². The summed E-state index contributed by atoms with van der Waals surface area (Å²) in [6, 6.07) is 3.51. The van der Waals surface area contributed by atoms with Crippen LogP contribution in [0.4, 0.5) is 13.2 Å². The smallest absolute Gasteiger partial charge is 0.391 e. The lowest BCUT2D eigenvalue weighted by Gasteiger charge is -2.32. The predicted molar refractivity (Wildman–Crippen MR) is 114 cm³/mol. The van der Waals surface area contributed by atoms with Crippen molar-refractivity contribution in [3.8, 4) is 0 Å². The van der Waals surface area contributed by atoms with Crippen LogP contribution < -0.4 is 10.6 Å². The molecular formula is C19H31F3IN3O2. The fourth-order valence-corrected chi connectivity index (χ4v) is 3.22. The Bertz CT molecular complexity index is 553. The summed E-state index contributed by atoms with van der Waals surface area (Å²) in [6.07, 6.45) is 0.570. The van der Waals surface area contributed by atoms with E-state index in [0.29, 0.717) is 45.1 Å². The fraction of sp³-hybridized carbons (Fsp3) is 0.737. The molecule has 0 amide bonds. The SMILES string of the molecule is CCOCCCN=C(NCCc1ccco1)NC1CCCC(C(F)(F)F)C1.I. The molecule has 0 bridgehead atoms. The van der Waals surface area contributed by atoms with E-state index >= 15 is 0 Å². The maximum absolute atomic E-state index is 13.0. The highest BCUT2D eigenvalue weighted by Crippen LogP contribution is 2.37. The number of nitrogens with zero attached hydrogens (tertiary/aromatic N) is 1. The van der Waals surface area contributed by atoms with Crippen molar-refractivity contribution in [1.29, 1.82) is 0 Å². The molecule has 162 valence electrons. The van der Waals surface area contributed by atoms with E-state index in [9.17, 15) is 13.2 Å². The third kappa shape index (κ3) is 9.49. The molecule has 1 aliphatic carbocycles. The zero-order valence-electron chi connectivity index (χ0n) is 16.3. The first-order chi connectivity index (χ1) is 13.0. The van der Waals surface area contributed by atoms with Crippen LogP contribution >= 0.6 is 24.0 Å². The highest BCUT2D eigenvalue weighted by Gasteiger charge is 2.42. The van der Waals surface area contributed by atoms with Gasteiger partial charge in [-0.25, -0.2) is 0 Å². The van der Waals surface area contributed by atoms with E-state index in [1.165, 1.54) is 0 Å². The fourth-order valence-electron chi connectivity index (χ4n) is 3.22. The van der Waals surface area contributed by atoms with E-state index in [-0.39, 0.29) is 42.9 Å². The average Bonchev–Trinajstić information content (AvgIpc) is 3.14. The molecule has 0 saturated heterocycles. The van der Waals surface area contributed by atoms with Crippen molar-refractivity contribution in [1.82, 2.24) is 10.6 Å². The molecule has 1 fully saturated rings. The molecule has 1 saturated carbocycles. The Morgan fingerprint density at radius 2 is 2.18 bits per heavy atom. The second kappa shape index (κ2) is 13.3. The Balaban J connectivity index is 0.00000392. The van der Waals surface area contributed by atoms with E-state index < -0.39 is 12.1 Å². The van der Waals surface area contributed by atoms with Gasteiger partial charge < -0.3 is 19.8 Å².